The van der Waals surface area contributed by atoms with E-state index in [0.717, 1.165) is 29.1 Å². The van der Waals surface area contributed by atoms with Crippen molar-refractivity contribution in [2.75, 3.05) is 13.1 Å². The summed E-state index contributed by atoms with van der Waals surface area (Å²) in [4.78, 5) is 12.4. The van der Waals surface area contributed by atoms with Crippen molar-refractivity contribution in [3.63, 3.8) is 0 Å². The number of aryl methyl sites for hydroxylation is 1. The molecule has 0 bridgehead atoms. The Morgan fingerprint density at radius 2 is 1.75 bits per heavy atom. The van der Waals surface area contributed by atoms with Crippen LogP contribution in [0.2, 0.25) is 0 Å². The minimum Gasteiger partial charge on any atom is -0.355 e. The van der Waals surface area contributed by atoms with E-state index in [1.807, 2.05) is 6.92 Å². The largest absolute Gasteiger partial charge is 0.355 e. The van der Waals surface area contributed by atoms with E-state index in [1.165, 1.54) is 30.3 Å². The second kappa shape index (κ2) is 10.3. The monoisotopic (exact) mass is 406 g/mol. The molecule has 7 heteroatoms. The first-order chi connectivity index (χ1) is 13.3. The van der Waals surface area contributed by atoms with Gasteiger partial charge in [0.15, 0.2) is 0 Å². The van der Waals surface area contributed by atoms with Crippen LogP contribution < -0.4 is 5.32 Å². The summed E-state index contributed by atoms with van der Waals surface area (Å²) in [5.74, 6) is -0.905. The maximum atomic E-state index is 14.1. The summed E-state index contributed by atoms with van der Waals surface area (Å²) in [5.41, 5.74) is 1.14. The quantitative estimate of drug-likeness (QED) is 0.613. The lowest BCUT2D eigenvalue weighted by Gasteiger charge is -2.22. The van der Waals surface area contributed by atoms with Crippen LogP contribution in [0.15, 0.2) is 53.4 Å². The third-order valence-corrected chi connectivity index (χ3v) is 6.19. The van der Waals surface area contributed by atoms with Crippen LogP contribution in [-0.2, 0) is 21.4 Å². The summed E-state index contributed by atoms with van der Waals surface area (Å²) in [6, 6.07) is 12.4. The van der Waals surface area contributed by atoms with Crippen LogP contribution in [0.1, 0.15) is 37.3 Å². The fourth-order valence-electron chi connectivity index (χ4n) is 2.72. The zero-order valence-electron chi connectivity index (χ0n) is 16.3. The van der Waals surface area contributed by atoms with E-state index in [-0.39, 0.29) is 23.5 Å². The van der Waals surface area contributed by atoms with Crippen LogP contribution in [0.25, 0.3) is 0 Å². The molecule has 0 unspecified atom stereocenters. The van der Waals surface area contributed by atoms with Crippen molar-refractivity contribution in [3.05, 3.63) is 65.5 Å². The molecule has 0 radical (unpaired) electrons. The van der Waals surface area contributed by atoms with Gasteiger partial charge in [0.05, 0.1) is 11.4 Å². The molecule has 0 spiro atoms. The summed E-state index contributed by atoms with van der Waals surface area (Å²) >= 11 is 0. The molecule has 0 aliphatic rings. The number of benzene rings is 2. The van der Waals surface area contributed by atoms with Crippen molar-refractivity contribution < 1.29 is 17.6 Å². The fourth-order valence-corrected chi connectivity index (χ4v) is 4.10. The second-order valence-electron chi connectivity index (χ2n) is 6.73. The molecule has 0 fully saturated rings. The average Bonchev–Trinajstić information content (AvgIpc) is 2.66. The predicted octanol–water partition coefficient (Wildman–Crippen LogP) is 3.63. The van der Waals surface area contributed by atoms with Crippen molar-refractivity contribution in [2.24, 2.45) is 0 Å². The van der Waals surface area contributed by atoms with Crippen molar-refractivity contribution in [1.29, 1.82) is 0 Å². The van der Waals surface area contributed by atoms with Crippen molar-refractivity contribution in [2.45, 2.75) is 44.6 Å². The third-order valence-electron chi connectivity index (χ3n) is 4.39. The van der Waals surface area contributed by atoms with Crippen LogP contribution in [0, 0.1) is 12.7 Å². The van der Waals surface area contributed by atoms with Crippen molar-refractivity contribution >= 4 is 15.9 Å². The molecule has 152 valence electrons. The maximum absolute atomic E-state index is 14.1. The lowest BCUT2D eigenvalue weighted by atomic mass is 10.2. The Morgan fingerprint density at radius 3 is 2.39 bits per heavy atom. The average molecular weight is 407 g/mol. The number of nitrogens with one attached hydrogen (secondary N) is 1. The summed E-state index contributed by atoms with van der Waals surface area (Å²) < 4.78 is 41.3. The van der Waals surface area contributed by atoms with E-state index in [9.17, 15) is 17.6 Å². The van der Waals surface area contributed by atoms with Crippen LogP contribution in [0.3, 0.4) is 0 Å². The number of unbranched alkanes of at least 4 members (excludes halogenated alkanes) is 2. The van der Waals surface area contributed by atoms with Gasteiger partial charge in [-0.3, -0.25) is 4.79 Å². The number of halogens is 1. The third kappa shape index (κ3) is 6.14. The zero-order valence-corrected chi connectivity index (χ0v) is 17.1. The van der Waals surface area contributed by atoms with E-state index < -0.39 is 21.7 Å². The SMILES string of the molecule is CCCCCNC(=O)CN(Cc1ccccc1F)S(=O)(=O)c1ccc(C)cc1. The highest BCUT2D eigenvalue weighted by molar-refractivity contribution is 7.89. The van der Waals surface area contributed by atoms with Crippen LogP contribution in [0.4, 0.5) is 4.39 Å². The molecule has 0 atom stereocenters. The van der Waals surface area contributed by atoms with Gasteiger partial charge in [-0.05, 0) is 31.5 Å². The van der Waals surface area contributed by atoms with Gasteiger partial charge >= 0.3 is 0 Å². The number of hydrogen-bond acceptors (Lipinski definition) is 3. The highest BCUT2D eigenvalue weighted by Crippen LogP contribution is 2.20. The Morgan fingerprint density at radius 1 is 1.07 bits per heavy atom. The Bertz CT molecular complexity index is 883. The second-order valence-corrected chi connectivity index (χ2v) is 8.67. The molecule has 0 saturated carbocycles. The van der Waals surface area contributed by atoms with Crippen molar-refractivity contribution in [1.82, 2.24) is 9.62 Å². The van der Waals surface area contributed by atoms with Gasteiger partial charge in [-0.1, -0.05) is 55.7 Å². The maximum Gasteiger partial charge on any atom is 0.243 e. The summed E-state index contributed by atoms with van der Waals surface area (Å²) in [7, 11) is -3.96. The van der Waals surface area contributed by atoms with Gasteiger partial charge in [-0.2, -0.15) is 4.31 Å². The Labute approximate surface area is 166 Å². The summed E-state index contributed by atoms with van der Waals surface area (Å²) in [6.07, 6.45) is 2.85. The number of carbonyl (C=O) groups is 1. The van der Waals surface area contributed by atoms with Gasteiger partial charge in [-0.15, -0.1) is 0 Å². The topological polar surface area (TPSA) is 66.5 Å². The van der Waals surface area contributed by atoms with E-state index >= 15 is 0 Å². The van der Waals surface area contributed by atoms with Gasteiger partial charge in [-0.25, -0.2) is 12.8 Å². The first-order valence-electron chi connectivity index (χ1n) is 9.41. The van der Waals surface area contributed by atoms with Crippen LogP contribution >= 0.6 is 0 Å². The molecular formula is C21H27FN2O3S. The smallest absolute Gasteiger partial charge is 0.243 e. The van der Waals surface area contributed by atoms with E-state index in [1.54, 1.807) is 18.2 Å². The van der Waals surface area contributed by atoms with E-state index in [0.29, 0.717) is 6.54 Å². The molecule has 0 aromatic heterocycles. The number of nitrogens with zero attached hydrogens (tertiary/aromatic N) is 1. The van der Waals surface area contributed by atoms with Gasteiger partial charge in [0.1, 0.15) is 5.82 Å². The molecule has 2 rings (SSSR count). The molecule has 0 aliphatic carbocycles. The number of carbonyl (C=O) groups excluding carboxylic acids is 1. The molecule has 2 aromatic carbocycles. The molecule has 0 heterocycles. The molecular weight excluding hydrogens is 379 g/mol. The fraction of sp³-hybridized carbons (Fsp3) is 0.381. The standard InChI is InChI=1S/C21H27FN2O3S/c1-3-4-7-14-23-21(25)16-24(15-18-8-5-6-9-20(18)22)28(26,27)19-12-10-17(2)11-13-19/h5-6,8-13H,3-4,7,14-16H2,1-2H3,(H,23,25). The van der Waals surface area contributed by atoms with Crippen LogP contribution in [-0.4, -0.2) is 31.7 Å². The van der Waals surface area contributed by atoms with Crippen LogP contribution in [0.5, 0.6) is 0 Å². The molecule has 28 heavy (non-hydrogen) atoms. The number of amides is 1. The lowest BCUT2D eigenvalue weighted by molar-refractivity contribution is -0.121. The highest BCUT2D eigenvalue weighted by Gasteiger charge is 2.27. The Kier molecular flexibility index (Phi) is 8.14. The number of sulfonamides is 1. The number of rotatable bonds is 10. The lowest BCUT2D eigenvalue weighted by Crippen LogP contribution is -2.40. The normalized spacial score (nSPS) is 11.6. The molecule has 0 aliphatic heterocycles. The van der Waals surface area contributed by atoms with Gasteiger partial charge in [0.25, 0.3) is 0 Å². The number of hydrogen-bond donors (Lipinski definition) is 1. The van der Waals surface area contributed by atoms with E-state index in [2.05, 4.69) is 12.2 Å². The van der Waals surface area contributed by atoms with Gasteiger partial charge in [0, 0.05) is 18.7 Å². The predicted molar refractivity (Wildman–Crippen MR) is 108 cm³/mol. The van der Waals surface area contributed by atoms with Crippen molar-refractivity contribution in [3.8, 4) is 0 Å². The van der Waals surface area contributed by atoms with Gasteiger partial charge < -0.3 is 5.32 Å². The molecule has 2 aromatic rings. The Balaban J connectivity index is 2.23. The Hall–Kier alpha value is -2.25. The zero-order chi connectivity index (χ0) is 20.6. The minimum absolute atomic E-state index is 0.0771. The molecule has 0 saturated heterocycles. The first-order valence-corrected chi connectivity index (χ1v) is 10.9. The molecule has 5 nitrogen and oxygen atoms in total. The van der Waals surface area contributed by atoms with Gasteiger partial charge in [0.2, 0.25) is 15.9 Å². The van der Waals surface area contributed by atoms with E-state index in [4.69, 9.17) is 0 Å². The first kappa shape index (κ1) is 22.0. The minimum atomic E-state index is -3.96. The summed E-state index contributed by atoms with van der Waals surface area (Å²) in [6.45, 7) is 3.83. The molecule has 1 amide bonds. The molecule has 1 N–H and O–H groups in total. The summed E-state index contributed by atoms with van der Waals surface area (Å²) in [5, 5.41) is 2.74. The highest BCUT2D eigenvalue weighted by atomic mass is 32.2.